The van der Waals surface area contributed by atoms with E-state index in [1.807, 2.05) is 30.3 Å². The monoisotopic (exact) mass is 235 g/mol. The zero-order valence-electron chi connectivity index (χ0n) is 8.24. The number of nitrogens with one attached hydrogen (secondary N) is 1. The Kier molecular flexibility index (Phi) is 3.21. The Labute approximate surface area is 96.4 Å². The lowest BCUT2D eigenvalue weighted by Crippen LogP contribution is -2.22. The second-order valence-electron chi connectivity index (χ2n) is 3.10. The minimum absolute atomic E-state index is 0.359. The molecule has 1 unspecified atom stereocenters. The van der Waals surface area contributed by atoms with Gasteiger partial charge in [0.05, 0.1) is 5.69 Å². The third-order valence-electron chi connectivity index (χ3n) is 2.00. The number of para-hydroxylation sites is 1. The number of thioether (sulfide) groups is 1. The molecule has 1 aliphatic heterocycles. The Bertz CT molecular complexity index is 445. The molecule has 0 aliphatic carbocycles. The molecule has 0 saturated heterocycles. The first-order valence-corrected chi connectivity index (χ1v) is 5.51. The summed E-state index contributed by atoms with van der Waals surface area (Å²) in [6.45, 7) is 0. The quantitative estimate of drug-likeness (QED) is 0.645. The van der Waals surface area contributed by atoms with Gasteiger partial charge in [0.2, 0.25) is 0 Å². The van der Waals surface area contributed by atoms with Gasteiger partial charge in [-0.25, -0.2) is 0 Å². The third-order valence-corrected chi connectivity index (χ3v) is 2.87. The first-order chi connectivity index (χ1) is 7.77. The van der Waals surface area contributed by atoms with E-state index in [9.17, 15) is 10.1 Å². The van der Waals surface area contributed by atoms with Gasteiger partial charge in [-0.2, -0.15) is 5.10 Å². The zero-order chi connectivity index (χ0) is 11.4. The number of rotatable bonds is 3. The van der Waals surface area contributed by atoms with Crippen molar-refractivity contribution in [2.75, 3.05) is 5.43 Å². The molecule has 1 aromatic rings. The highest BCUT2D eigenvalue weighted by molar-refractivity contribution is 8.16. The molecule has 82 valence electrons. The van der Waals surface area contributed by atoms with Crippen LogP contribution < -0.4 is 5.43 Å². The number of hydrogen-bond acceptors (Lipinski definition) is 5. The van der Waals surface area contributed by atoms with Gasteiger partial charge >= 0.3 is 0 Å². The fourth-order valence-corrected chi connectivity index (χ4v) is 1.99. The van der Waals surface area contributed by atoms with Crippen LogP contribution in [0, 0.1) is 10.1 Å². The third kappa shape index (κ3) is 2.40. The van der Waals surface area contributed by atoms with Gasteiger partial charge in [0, 0.05) is 11.0 Å². The highest BCUT2D eigenvalue weighted by atomic mass is 32.2. The Balaban J connectivity index is 2.06. The smallest absolute Gasteiger partial charge is 0.277 e. The lowest BCUT2D eigenvalue weighted by molar-refractivity contribution is -0.489. The van der Waals surface area contributed by atoms with Gasteiger partial charge in [-0.05, 0) is 17.5 Å². The molecule has 1 heterocycles. The van der Waals surface area contributed by atoms with Crippen molar-refractivity contribution in [3.05, 3.63) is 51.9 Å². The average Bonchev–Trinajstić information content (AvgIpc) is 2.76. The lowest BCUT2D eigenvalue weighted by Gasteiger charge is -2.03. The van der Waals surface area contributed by atoms with E-state index in [0.29, 0.717) is 5.04 Å². The summed E-state index contributed by atoms with van der Waals surface area (Å²) in [5, 5.41) is 16.8. The van der Waals surface area contributed by atoms with E-state index in [0.717, 1.165) is 5.69 Å². The lowest BCUT2D eigenvalue weighted by atomic mass is 10.3. The molecule has 6 heteroatoms. The molecule has 0 saturated carbocycles. The van der Waals surface area contributed by atoms with Gasteiger partial charge < -0.3 is 0 Å². The van der Waals surface area contributed by atoms with Crippen LogP contribution in [0.1, 0.15) is 0 Å². The number of hydrogen-bond donors (Lipinski definition) is 1. The summed E-state index contributed by atoms with van der Waals surface area (Å²) < 4.78 is 0. The second kappa shape index (κ2) is 4.80. The molecule has 0 amide bonds. The van der Waals surface area contributed by atoms with E-state index in [1.54, 1.807) is 5.41 Å². The van der Waals surface area contributed by atoms with Crippen molar-refractivity contribution in [3.63, 3.8) is 0 Å². The van der Waals surface area contributed by atoms with Crippen molar-refractivity contribution in [1.82, 2.24) is 0 Å². The number of benzene rings is 1. The molecule has 1 N–H and O–H groups in total. The largest absolute Gasteiger partial charge is 0.281 e. The van der Waals surface area contributed by atoms with Gasteiger partial charge in [0.25, 0.3) is 6.04 Å². The SMILES string of the molecule is O=[N+]([O-])C1C=CSC1=NNc1ccccc1. The van der Waals surface area contributed by atoms with Gasteiger partial charge in [0.1, 0.15) is 0 Å². The predicted molar refractivity (Wildman–Crippen MR) is 65.0 cm³/mol. The topological polar surface area (TPSA) is 67.5 Å². The predicted octanol–water partition coefficient (Wildman–Crippen LogP) is 2.32. The van der Waals surface area contributed by atoms with Crippen LogP contribution in [0.5, 0.6) is 0 Å². The molecule has 0 radical (unpaired) electrons. The molecule has 5 nitrogen and oxygen atoms in total. The maximum absolute atomic E-state index is 10.7. The van der Waals surface area contributed by atoms with Crippen molar-refractivity contribution in [2.24, 2.45) is 5.10 Å². The normalized spacial score (nSPS) is 21.2. The van der Waals surface area contributed by atoms with E-state index in [1.165, 1.54) is 17.8 Å². The fraction of sp³-hybridized carbons (Fsp3) is 0.100. The van der Waals surface area contributed by atoms with Crippen LogP contribution in [0.3, 0.4) is 0 Å². The highest BCUT2D eigenvalue weighted by Crippen LogP contribution is 2.21. The van der Waals surface area contributed by atoms with Crippen LogP contribution in [-0.2, 0) is 0 Å². The van der Waals surface area contributed by atoms with E-state index >= 15 is 0 Å². The average molecular weight is 235 g/mol. The summed E-state index contributed by atoms with van der Waals surface area (Å²) >= 11 is 1.26. The molecular formula is C10H9N3O2S. The summed E-state index contributed by atoms with van der Waals surface area (Å²) in [5.41, 5.74) is 3.60. The molecule has 0 aromatic heterocycles. The number of nitro groups is 1. The first kappa shape index (κ1) is 10.7. The molecule has 2 rings (SSSR count). The van der Waals surface area contributed by atoms with Gasteiger partial charge in [-0.1, -0.05) is 30.0 Å². The van der Waals surface area contributed by atoms with E-state index in [-0.39, 0.29) is 4.92 Å². The number of anilines is 1. The van der Waals surface area contributed by atoms with Crippen LogP contribution >= 0.6 is 11.8 Å². The van der Waals surface area contributed by atoms with E-state index in [2.05, 4.69) is 10.5 Å². The van der Waals surface area contributed by atoms with Crippen molar-refractivity contribution >= 4 is 22.5 Å². The summed E-state index contributed by atoms with van der Waals surface area (Å²) in [5.74, 6) is 0. The van der Waals surface area contributed by atoms with Crippen LogP contribution in [-0.4, -0.2) is 16.0 Å². The highest BCUT2D eigenvalue weighted by Gasteiger charge is 2.28. The Morgan fingerprint density at radius 3 is 2.81 bits per heavy atom. The van der Waals surface area contributed by atoms with Gasteiger partial charge in [-0.3, -0.25) is 15.5 Å². The molecule has 0 fully saturated rings. The molecule has 16 heavy (non-hydrogen) atoms. The molecule has 0 spiro atoms. The molecule has 1 aromatic carbocycles. The van der Waals surface area contributed by atoms with Crippen molar-refractivity contribution in [2.45, 2.75) is 6.04 Å². The van der Waals surface area contributed by atoms with Crippen LogP contribution in [0.2, 0.25) is 0 Å². The number of hydrazone groups is 1. The summed E-state index contributed by atoms with van der Waals surface area (Å²) in [7, 11) is 0. The number of nitrogens with zero attached hydrogens (tertiary/aromatic N) is 2. The zero-order valence-corrected chi connectivity index (χ0v) is 9.05. The molecule has 0 bridgehead atoms. The van der Waals surface area contributed by atoms with Crippen molar-refractivity contribution in [3.8, 4) is 0 Å². The van der Waals surface area contributed by atoms with Crippen LogP contribution in [0.4, 0.5) is 5.69 Å². The first-order valence-electron chi connectivity index (χ1n) is 4.63. The van der Waals surface area contributed by atoms with E-state index in [4.69, 9.17) is 0 Å². The minimum atomic E-state index is -0.818. The Morgan fingerprint density at radius 1 is 1.38 bits per heavy atom. The standard InChI is InChI=1S/C10H9N3O2S/c14-13(15)9-6-7-16-10(9)12-11-8-4-2-1-3-5-8/h1-7,9,11H. The van der Waals surface area contributed by atoms with Crippen molar-refractivity contribution < 1.29 is 4.92 Å². The van der Waals surface area contributed by atoms with Gasteiger partial charge in [-0.15, -0.1) is 0 Å². The fourth-order valence-electron chi connectivity index (χ4n) is 1.22. The van der Waals surface area contributed by atoms with E-state index < -0.39 is 6.04 Å². The summed E-state index contributed by atoms with van der Waals surface area (Å²) in [6, 6.07) is 8.50. The Morgan fingerprint density at radius 2 is 2.12 bits per heavy atom. The van der Waals surface area contributed by atoms with Gasteiger partial charge in [0.15, 0.2) is 5.04 Å². The summed E-state index contributed by atoms with van der Waals surface area (Å²) in [6.07, 6.45) is 1.52. The minimum Gasteiger partial charge on any atom is -0.277 e. The second-order valence-corrected chi connectivity index (χ2v) is 4.03. The molecule has 1 aliphatic rings. The van der Waals surface area contributed by atoms with Crippen molar-refractivity contribution in [1.29, 1.82) is 0 Å². The molecule has 1 atom stereocenters. The maximum atomic E-state index is 10.7. The summed E-state index contributed by atoms with van der Waals surface area (Å²) in [4.78, 5) is 10.3. The van der Waals surface area contributed by atoms with Crippen LogP contribution in [0.15, 0.2) is 46.9 Å². The van der Waals surface area contributed by atoms with Crippen LogP contribution in [0.25, 0.3) is 0 Å². The Hall–Kier alpha value is -1.82. The molecular weight excluding hydrogens is 226 g/mol. The maximum Gasteiger partial charge on any atom is 0.281 e.